The molecule has 0 radical (unpaired) electrons. The van der Waals surface area contributed by atoms with Crippen LogP contribution in [0.15, 0.2) is 36.4 Å². The summed E-state index contributed by atoms with van der Waals surface area (Å²) in [6, 6.07) is 11.8. The average molecular weight is 448 g/mol. The second-order valence-corrected chi connectivity index (χ2v) is 7.77. The molecule has 3 aromatic rings. The second-order valence-electron chi connectivity index (χ2n) is 7.37. The Kier molecular flexibility index (Phi) is 6.20. The molecule has 3 heterocycles. The fourth-order valence-electron chi connectivity index (χ4n) is 4.00. The maximum absolute atomic E-state index is 12.3. The van der Waals surface area contributed by atoms with Crippen molar-refractivity contribution in [3.63, 3.8) is 0 Å². The van der Waals surface area contributed by atoms with Gasteiger partial charge in [0.05, 0.1) is 18.8 Å². The molecule has 1 fully saturated rings. The minimum absolute atomic E-state index is 0. The molecule has 5 rings (SSSR count). The summed E-state index contributed by atoms with van der Waals surface area (Å²) in [7, 11) is 0. The fourth-order valence-corrected chi connectivity index (χ4v) is 4.22. The zero-order valence-electron chi connectivity index (χ0n) is 16.4. The first kappa shape index (κ1) is 21.0. The van der Waals surface area contributed by atoms with Crippen LogP contribution < -0.4 is 10.1 Å². The molecule has 1 saturated heterocycles. The van der Waals surface area contributed by atoms with Crippen molar-refractivity contribution in [3.8, 4) is 17.0 Å². The van der Waals surface area contributed by atoms with E-state index in [0.717, 1.165) is 66.3 Å². The maximum Gasteiger partial charge on any atom is 0.252 e. The van der Waals surface area contributed by atoms with E-state index >= 15 is 0 Å². The largest absolute Gasteiger partial charge is 0.492 e. The van der Waals surface area contributed by atoms with Crippen LogP contribution in [0, 0.1) is 0 Å². The summed E-state index contributed by atoms with van der Waals surface area (Å²) in [5.41, 5.74) is 4.29. The minimum Gasteiger partial charge on any atom is -0.492 e. The topological polar surface area (TPSA) is 66.6 Å². The molecule has 0 aliphatic carbocycles. The Morgan fingerprint density at radius 3 is 2.80 bits per heavy atom. The molecule has 1 amide bonds. The van der Waals surface area contributed by atoms with E-state index < -0.39 is 0 Å². The molecule has 158 valence electrons. The van der Waals surface area contributed by atoms with Gasteiger partial charge in [0.1, 0.15) is 12.4 Å². The van der Waals surface area contributed by atoms with E-state index in [2.05, 4.69) is 21.3 Å². The number of aromatic amines is 1. The van der Waals surface area contributed by atoms with Gasteiger partial charge in [-0.25, -0.2) is 0 Å². The number of H-pyrrole nitrogens is 1. The fraction of sp³-hybridized carbons (Fsp3) is 0.318. The predicted octanol–water partition coefficient (Wildman–Crippen LogP) is 3.86. The van der Waals surface area contributed by atoms with Crippen molar-refractivity contribution in [2.45, 2.75) is 6.54 Å². The molecule has 0 atom stereocenters. The molecule has 6 nitrogen and oxygen atoms in total. The highest BCUT2D eigenvalue weighted by Gasteiger charge is 2.26. The zero-order chi connectivity index (χ0) is 19.8. The molecular formula is C22H23Cl2N3O3. The lowest BCUT2D eigenvalue weighted by Gasteiger charge is -2.26. The number of morpholine rings is 1. The minimum atomic E-state index is -0.0803. The van der Waals surface area contributed by atoms with Crippen LogP contribution in [0.25, 0.3) is 22.2 Å². The molecule has 2 N–H and O–H groups in total. The number of fused-ring (bicyclic) bond motifs is 2. The summed E-state index contributed by atoms with van der Waals surface area (Å²) in [6.45, 7) is 5.53. The van der Waals surface area contributed by atoms with Crippen molar-refractivity contribution in [2.24, 2.45) is 0 Å². The first-order chi connectivity index (χ1) is 14.2. The van der Waals surface area contributed by atoms with Crippen LogP contribution in [0.3, 0.4) is 0 Å². The number of carbonyl (C=O) groups is 1. The van der Waals surface area contributed by atoms with Gasteiger partial charge in [0, 0.05) is 58.9 Å². The Morgan fingerprint density at radius 1 is 1.13 bits per heavy atom. The molecule has 0 bridgehead atoms. The van der Waals surface area contributed by atoms with E-state index in [1.807, 2.05) is 30.3 Å². The number of ether oxygens (including phenoxy) is 2. The van der Waals surface area contributed by atoms with Gasteiger partial charge in [-0.05, 0) is 30.3 Å². The maximum atomic E-state index is 12.3. The standard InChI is InChI=1S/C22H22ClN3O3.ClH/c23-18-3-2-16(21-17(18)13-24-22(21)27)20-12-14-11-15(1-4-19(14)25-20)29-10-7-26-5-8-28-9-6-26;/h1-4,11-12,25H,5-10,13H2,(H,24,27);1H. The van der Waals surface area contributed by atoms with Gasteiger partial charge in [-0.3, -0.25) is 9.69 Å². The van der Waals surface area contributed by atoms with Crippen LogP contribution in [0.4, 0.5) is 0 Å². The molecular weight excluding hydrogens is 425 g/mol. The summed E-state index contributed by atoms with van der Waals surface area (Å²) in [5.74, 6) is 0.763. The third-order valence-corrected chi connectivity index (χ3v) is 5.92. The Bertz CT molecular complexity index is 1080. The van der Waals surface area contributed by atoms with Gasteiger partial charge in [0.25, 0.3) is 5.91 Å². The highest BCUT2D eigenvalue weighted by atomic mass is 35.5. The van der Waals surface area contributed by atoms with Crippen LogP contribution >= 0.6 is 24.0 Å². The van der Waals surface area contributed by atoms with Crippen molar-refractivity contribution in [2.75, 3.05) is 39.5 Å². The highest BCUT2D eigenvalue weighted by Crippen LogP contribution is 2.35. The zero-order valence-corrected chi connectivity index (χ0v) is 17.9. The van der Waals surface area contributed by atoms with E-state index in [1.165, 1.54) is 0 Å². The molecule has 2 aromatic carbocycles. The van der Waals surface area contributed by atoms with Crippen LogP contribution in [-0.4, -0.2) is 55.2 Å². The van der Waals surface area contributed by atoms with Crippen LogP contribution in [0.2, 0.25) is 5.02 Å². The van der Waals surface area contributed by atoms with Gasteiger partial charge in [-0.15, -0.1) is 12.4 Å². The Hall–Kier alpha value is -2.25. The molecule has 8 heteroatoms. The number of halogens is 2. The number of carbonyl (C=O) groups excluding carboxylic acids is 1. The average Bonchev–Trinajstić information content (AvgIpc) is 3.33. The van der Waals surface area contributed by atoms with Crippen molar-refractivity contribution < 1.29 is 14.3 Å². The van der Waals surface area contributed by atoms with Crippen molar-refractivity contribution >= 4 is 40.8 Å². The number of rotatable bonds is 5. The summed E-state index contributed by atoms with van der Waals surface area (Å²) >= 11 is 6.27. The van der Waals surface area contributed by atoms with Crippen molar-refractivity contribution in [1.82, 2.24) is 15.2 Å². The van der Waals surface area contributed by atoms with Gasteiger partial charge in [-0.1, -0.05) is 17.7 Å². The number of amides is 1. The monoisotopic (exact) mass is 447 g/mol. The molecule has 2 aliphatic heterocycles. The summed E-state index contributed by atoms with van der Waals surface area (Å²) < 4.78 is 11.3. The number of nitrogens with one attached hydrogen (secondary N) is 2. The van der Waals surface area contributed by atoms with Crippen LogP contribution in [0.1, 0.15) is 15.9 Å². The molecule has 0 spiro atoms. The second kappa shape index (κ2) is 8.86. The van der Waals surface area contributed by atoms with Gasteiger partial charge in [-0.2, -0.15) is 0 Å². The molecule has 2 aliphatic rings. The van der Waals surface area contributed by atoms with E-state index in [-0.39, 0.29) is 18.3 Å². The normalized spacial score (nSPS) is 16.2. The van der Waals surface area contributed by atoms with E-state index in [1.54, 1.807) is 0 Å². The summed E-state index contributed by atoms with van der Waals surface area (Å²) in [4.78, 5) is 18.1. The highest BCUT2D eigenvalue weighted by molar-refractivity contribution is 6.32. The SMILES string of the molecule is Cl.O=C1NCc2c(Cl)ccc(-c3cc4cc(OCCN5CCOCC5)ccc4[nH]3)c21. The smallest absolute Gasteiger partial charge is 0.252 e. The van der Waals surface area contributed by atoms with Crippen LogP contribution in [-0.2, 0) is 11.3 Å². The third kappa shape index (κ3) is 4.01. The number of nitrogens with zero attached hydrogens (tertiary/aromatic N) is 1. The van der Waals surface area contributed by atoms with Crippen LogP contribution in [0.5, 0.6) is 5.75 Å². The lowest BCUT2D eigenvalue weighted by atomic mass is 10.0. The quantitative estimate of drug-likeness (QED) is 0.622. The van der Waals surface area contributed by atoms with E-state index in [9.17, 15) is 4.79 Å². The van der Waals surface area contributed by atoms with E-state index in [4.69, 9.17) is 21.1 Å². The Labute approximate surface area is 185 Å². The van der Waals surface area contributed by atoms with Crippen molar-refractivity contribution in [1.29, 1.82) is 0 Å². The number of aromatic nitrogens is 1. The van der Waals surface area contributed by atoms with E-state index in [0.29, 0.717) is 23.7 Å². The van der Waals surface area contributed by atoms with Crippen molar-refractivity contribution in [3.05, 3.63) is 52.5 Å². The number of hydrogen-bond acceptors (Lipinski definition) is 4. The third-order valence-electron chi connectivity index (χ3n) is 5.57. The predicted molar refractivity (Wildman–Crippen MR) is 120 cm³/mol. The molecule has 30 heavy (non-hydrogen) atoms. The first-order valence-corrected chi connectivity index (χ1v) is 10.2. The van der Waals surface area contributed by atoms with Gasteiger partial charge in [0.15, 0.2) is 0 Å². The first-order valence-electron chi connectivity index (χ1n) is 9.85. The number of hydrogen-bond donors (Lipinski definition) is 2. The lowest BCUT2D eigenvalue weighted by Crippen LogP contribution is -2.38. The lowest BCUT2D eigenvalue weighted by molar-refractivity contribution is 0.0322. The summed E-state index contributed by atoms with van der Waals surface area (Å²) in [6.07, 6.45) is 0. The molecule has 1 aromatic heterocycles. The summed E-state index contributed by atoms with van der Waals surface area (Å²) in [5, 5.41) is 4.53. The van der Waals surface area contributed by atoms with Gasteiger partial charge < -0.3 is 19.8 Å². The van der Waals surface area contributed by atoms with Gasteiger partial charge >= 0.3 is 0 Å². The molecule has 0 unspecified atom stereocenters. The van der Waals surface area contributed by atoms with Gasteiger partial charge in [0.2, 0.25) is 0 Å². The number of benzene rings is 2. The Balaban J connectivity index is 0.00000218. The Morgan fingerprint density at radius 2 is 1.97 bits per heavy atom. The molecule has 0 saturated carbocycles.